The van der Waals surface area contributed by atoms with Gasteiger partial charge in [0, 0.05) is 18.2 Å². The molecule has 0 radical (unpaired) electrons. The van der Waals surface area contributed by atoms with Gasteiger partial charge in [0.2, 0.25) is 0 Å². The van der Waals surface area contributed by atoms with Crippen LogP contribution in [0.4, 0.5) is 4.39 Å². The zero-order valence-electron chi connectivity index (χ0n) is 16.8. The van der Waals surface area contributed by atoms with E-state index < -0.39 is 22.4 Å². The second kappa shape index (κ2) is 6.25. The molecule has 2 aromatic rings. The Kier molecular flexibility index (Phi) is 3.96. The van der Waals surface area contributed by atoms with E-state index in [0.29, 0.717) is 19.0 Å². The number of hydrogen-bond acceptors (Lipinski definition) is 7. The highest BCUT2D eigenvalue weighted by atomic mass is 19.1. The van der Waals surface area contributed by atoms with Crippen LogP contribution in [0.15, 0.2) is 41.7 Å². The van der Waals surface area contributed by atoms with E-state index in [9.17, 15) is 9.18 Å². The number of amidine groups is 1. The largest absolute Gasteiger partial charge is 0.487 e. The lowest BCUT2D eigenvalue weighted by molar-refractivity contribution is -0.247. The Balaban J connectivity index is 1.58. The van der Waals surface area contributed by atoms with E-state index in [4.69, 9.17) is 24.9 Å². The summed E-state index contributed by atoms with van der Waals surface area (Å²) in [6.07, 6.45) is 2.48. The molecule has 1 saturated heterocycles. The molecule has 0 bridgehead atoms. The molecule has 0 amide bonds. The lowest BCUT2D eigenvalue weighted by Crippen LogP contribution is -2.71. The number of ether oxygens (including phenoxy) is 3. The summed E-state index contributed by atoms with van der Waals surface area (Å²) in [5.74, 6) is -0.284. The van der Waals surface area contributed by atoms with Crippen molar-refractivity contribution in [2.75, 3.05) is 19.8 Å². The van der Waals surface area contributed by atoms with E-state index in [1.807, 2.05) is 32.0 Å². The summed E-state index contributed by atoms with van der Waals surface area (Å²) in [4.78, 5) is 21.1. The SMILES string of the molecule is CC1(C)Oc2ccc(CC(=O)c3ccncc3F)cc2C2(COC(N)=N2)C12COC2. The normalized spacial score (nSPS) is 25.1. The summed E-state index contributed by atoms with van der Waals surface area (Å²) in [5.41, 5.74) is 5.72. The molecule has 3 aliphatic heterocycles. The standard InChI is InChI=1S/C22H22FN3O4/c1-20(2)21(10-28-11-21)22(12-29-19(24)26-22)15-7-13(3-4-18(15)30-20)8-17(27)14-5-6-25-9-16(14)23/h3-7,9H,8,10-12H2,1-2H3,(H2,24,26). The number of aliphatic imine (C=N–C) groups is 1. The Morgan fingerprint density at radius 2 is 2.03 bits per heavy atom. The number of hydrogen-bond donors (Lipinski definition) is 1. The lowest BCUT2D eigenvalue weighted by Gasteiger charge is -2.61. The fraction of sp³-hybridized carbons (Fsp3) is 0.409. The first-order valence-electron chi connectivity index (χ1n) is 9.79. The quantitative estimate of drug-likeness (QED) is 0.779. The minimum absolute atomic E-state index is 0.0187. The number of halogens is 1. The Labute approximate surface area is 173 Å². The van der Waals surface area contributed by atoms with Gasteiger partial charge in [0.1, 0.15) is 23.5 Å². The molecular formula is C22H22FN3O4. The number of pyridine rings is 1. The molecule has 2 N–H and O–H groups in total. The van der Waals surface area contributed by atoms with Crippen LogP contribution in [0.1, 0.15) is 35.3 Å². The number of rotatable bonds is 3. The average Bonchev–Trinajstić information content (AvgIpc) is 3.03. The Morgan fingerprint density at radius 1 is 1.23 bits per heavy atom. The number of Topliss-reactive ketones (excluding diaryl/α,β-unsaturated/α-hetero) is 1. The van der Waals surface area contributed by atoms with E-state index in [2.05, 4.69) is 4.98 Å². The molecule has 30 heavy (non-hydrogen) atoms. The van der Waals surface area contributed by atoms with Crippen molar-refractivity contribution in [3.8, 4) is 5.75 Å². The van der Waals surface area contributed by atoms with Gasteiger partial charge in [-0.2, -0.15) is 0 Å². The van der Waals surface area contributed by atoms with E-state index in [1.165, 1.54) is 12.3 Å². The van der Waals surface area contributed by atoms with Crippen LogP contribution < -0.4 is 10.5 Å². The third-order valence-corrected chi connectivity index (χ3v) is 6.66. The van der Waals surface area contributed by atoms with Gasteiger partial charge < -0.3 is 19.9 Å². The molecule has 0 aliphatic carbocycles. The molecule has 5 rings (SSSR count). The van der Waals surface area contributed by atoms with Gasteiger partial charge in [0.05, 0.1) is 30.4 Å². The molecule has 1 aromatic heterocycles. The number of benzene rings is 1. The van der Waals surface area contributed by atoms with E-state index in [1.54, 1.807) is 0 Å². The second-order valence-electron chi connectivity index (χ2n) is 8.57. The summed E-state index contributed by atoms with van der Waals surface area (Å²) in [5, 5.41) is 0. The average molecular weight is 411 g/mol. The smallest absolute Gasteiger partial charge is 0.283 e. The highest BCUT2D eigenvalue weighted by Crippen LogP contribution is 2.62. The van der Waals surface area contributed by atoms with Crippen molar-refractivity contribution in [1.82, 2.24) is 4.98 Å². The summed E-state index contributed by atoms with van der Waals surface area (Å²) in [6.45, 7) is 5.25. The van der Waals surface area contributed by atoms with Crippen LogP contribution in [0.2, 0.25) is 0 Å². The summed E-state index contributed by atoms with van der Waals surface area (Å²) in [6, 6.07) is 7.07. The van der Waals surface area contributed by atoms with Crippen LogP contribution in [0.25, 0.3) is 0 Å². The van der Waals surface area contributed by atoms with Crippen molar-refractivity contribution in [3.63, 3.8) is 0 Å². The molecule has 7 nitrogen and oxygen atoms in total. The molecule has 1 unspecified atom stereocenters. The van der Waals surface area contributed by atoms with Crippen molar-refractivity contribution < 1.29 is 23.4 Å². The van der Waals surface area contributed by atoms with Crippen molar-refractivity contribution in [2.45, 2.75) is 31.4 Å². The number of fused-ring (bicyclic) bond motifs is 3. The summed E-state index contributed by atoms with van der Waals surface area (Å²) < 4.78 is 31.6. The molecular weight excluding hydrogens is 389 g/mol. The predicted molar refractivity (Wildman–Crippen MR) is 106 cm³/mol. The minimum Gasteiger partial charge on any atom is -0.487 e. The monoisotopic (exact) mass is 411 g/mol. The maximum Gasteiger partial charge on any atom is 0.283 e. The fourth-order valence-corrected chi connectivity index (χ4v) is 4.82. The zero-order valence-corrected chi connectivity index (χ0v) is 16.8. The molecule has 0 saturated carbocycles. The highest BCUT2D eigenvalue weighted by molar-refractivity contribution is 5.97. The van der Waals surface area contributed by atoms with Crippen LogP contribution in [0.5, 0.6) is 5.75 Å². The Bertz CT molecular complexity index is 1080. The van der Waals surface area contributed by atoms with E-state index in [-0.39, 0.29) is 30.4 Å². The number of aromatic nitrogens is 1. The van der Waals surface area contributed by atoms with Crippen molar-refractivity contribution in [2.24, 2.45) is 16.1 Å². The van der Waals surface area contributed by atoms with Crippen molar-refractivity contribution in [1.29, 1.82) is 0 Å². The predicted octanol–water partition coefficient (Wildman–Crippen LogP) is 2.37. The number of carbonyl (C=O) groups excluding carboxylic acids is 1. The van der Waals surface area contributed by atoms with Crippen LogP contribution in [0.3, 0.4) is 0 Å². The van der Waals surface area contributed by atoms with Gasteiger partial charge in [-0.1, -0.05) is 6.07 Å². The summed E-state index contributed by atoms with van der Waals surface area (Å²) >= 11 is 0. The third-order valence-electron chi connectivity index (χ3n) is 6.66. The molecule has 156 valence electrons. The number of carbonyl (C=O) groups is 1. The highest BCUT2D eigenvalue weighted by Gasteiger charge is 2.71. The second-order valence-corrected chi connectivity index (χ2v) is 8.57. The van der Waals surface area contributed by atoms with Gasteiger partial charge in [-0.15, -0.1) is 0 Å². The van der Waals surface area contributed by atoms with Crippen molar-refractivity contribution in [3.05, 3.63) is 59.2 Å². The minimum atomic E-state index is -0.770. The fourth-order valence-electron chi connectivity index (χ4n) is 4.82. The third kappa shape index (κ3) is 2.43. The molecule has 4 heterocycles. The van der Waals surface area contributed by atoms with Gasteiger partial charge in [0.25, 0.3) is 6.02 Å². The number of ketones is 1. The van der Waals surface area contributed by atoms with E-state index >= 15 is 0 Å². The number of nitrogens with two attached hydrogens (primary N) is 1. The van der Waals surface area contributed by atoms with E-state index in [0.717, 1.165) is 17.3 Å². The first-order chi connectivity index (χ1) is 14.3. The van der Waals surface area contributed by atoms with Gasteiger partial charge in [-0.05, 0) is 37.6 Å². The van der Waals surface area contributed by atoms with Gasteiger partial charge in [-0.3, -0.25) is 9.78 Å². The molecule has 1 aromatic carbocycles. The Morgan fingerprint density at radius 3 is 2.67 bits per heavy atom. The first kappa shape index (κ1) is 19.0. The number of nitrogens with zero attached hydrogens (tertiary/aromatic N) is 2. The van der Waals surface area contributed by atoms with Crippen molar-refractivity contribution >= 4 is 11.8 Å². The summed E-state index contributed by atoms with van der Waals surface area (Å²) in [7, 11) is 0. The van der Waals surface area contributed by atoms with Crippen LogP contribution in [-0.4, -0.2) is 42.2 Å². The Hall–Kier alpha value is -3.00. The van der Waals surface area contributed by atoms with Gasteiger partial charge in [-0.25, -0.2) is 9.38 Å². The molecule has 3 aliphatic rings. The molecule has 1 fully saturated rings. The maximum absolute atomic E-state index is 14.0. The van der Waals surface area contributed by atoms with Gasteiger partial charge >= 0.3 is 0 Å². The van der Waals surface area contributed by atoms with Gasteiger partial charge in [0.15, 0.2) is 11.6 Å². The van der Waals surface area contributed by atoms with Crippen LogP contribution in [-0.2, 0) is 21.4 Å². The zero-order chi connectivity index (χ0) is 21.1. The maximum atomic E-state index is 14.0. The molecule has 8 heteroatoms. The molecule has 1 atom stereocenters. The topological polar surface area (TPSA) is 96.0 Å². The van der Waals surface area contributed by atoms with Crippen LogP contribution >= 0.6 is 0 Å². The first-order valence-corrected chi connectivity index (χ1v) is 9.79. The molecule has 2 spiro atoms. The lowest BCUT2D eigenvalue weighted by atomic mass is 9.55. The van der Waals surface area contributed by atoms with Crippen LogP contribution in [0, 0.1) is 11.2 Å².